The zero-order valence-corrected chi connectivity index (χ0v) is 24.6. The van der Waals surface area contributed by atoms with Crippen LogP contribution in [0.5, 0.6) is 0 Å². The van der Waals surface area contributed by atoms with Crippen molar-refractivity contribution in [3.05, 3.63) is 70.3 Å². The number of carbonyl (C=O) groups excluding carboxylic acids is 3. The second kappa shape index (κ2) is 13.4. The van der Waals surface area contributed by atoms with Gasteiger partial charge in [0, 0.05) is 43.0 Å². The lowest BCUT2D eigenvalue weighted by molar-refractivity contribution is -0.138. The highest BCUT2D eigenvalue weighted by Crippen LogP contribution is 2.37. The third-order valence-corrected chi connectivity index (χ3v) is 8.01. The summed E-state index contributed by atoms with van der Waals surface area (Å²) in [6.07, 6.45) is -2.12. The molecule has 2 aromatic carbocycles. The molecule has 2 aliphatic rings. The van der Waals surface area contributed by atoms with E-state index in [2.05, 4.69) is 24.1 Å². The van der Waals surface area contributed by atoms with Crippen LogP contribution in [-0.2, 0) is 15.8 Å². The second-order valence-electron chi connectivity index (χ2n) is 11.2. The van der Waals surface area contributed by atoms with Crippen molar-refractivity contribution >= 4 is 29.2 Å². The Morgan fingerprint density at radius 1 is 1.00 bits per heavy atom. The molecule has 4 amide bonds. The number of halogens is 3. The minimum Gasteiger partial charge on any atom is -0.322 e. The molecule has 2 heterocycles. The van der Waals surface area contributed by atoms with E-state index in [0.29, 0.717) is 43.5 Å². The molecule has 1 saturated heterocycles. The van der Waals surface area contributed by atoms with E-state index in [9.17, 15) is 27.6 Å². The van der Waals surface area contributed by atoms with E-state index >= 15 is 0 Å². The number of unbranched alkanes of at least 4 members (excludes halogenated alkanes) is 2. The number of para-hydroxylation sites is 1. The Bertz CT molecular complexity index is 1450. The number of benzene rings is 2. The number of nitriles is 1. The molecule has 0 unspecified atom stereocenters. The van der Waals surface area contributed by atoms with Gasteiger partial charge in [0.1, 0.15) is 0 Å². The van der Waals surface area contributed by atoms with Gasteiger partial charge in [0.15, 0.2) is 0 Å². The van der Waals surface area contributed by atoms with Crippen LogP contribution in [0.2, 0.25) is 0 Å². The van der Waals surface area contributed by atoms with Crippen molar-refractivity contribution in [2.24, 2.45) is 0 Å². The maximum Gasteiger partial charge on any atom is 0.417 e. The highest BCUT2D eigenvalue weighted by Gasteiger charge is 2.39. The maximum atomic E-state index is 13.4. The fourth-order valence-corrected chi connectivity index (χ4v) is 5.51. The summed E-state index contributed by atoms with van der Waals surface area (Å²) in [6.45, 7) is 9.31. The van der Waals surface area contributed by atoms with Crippen molar-refractivity contribution in [1.29, 1.82) is 5.26 Å². The number of amides is 4. The molecular formula is C32H36F3N5O3. The van der Waals surface area contributed by atoms with Crippen LogP contribution in [0.15, 0.2) is 53.6 Å². The van der Waals surface area contributed by atoms with Gasteiger partial charge in [-0.05, 0) is 68.5 Å². The standard InChI is InChI=1S/C32H36F3N5O3/c1-21(2)25-9-6-7-11-28(25)37-31(43)39-17-15-38(16-18-39)14-8-4-5-10-26-22(3)29(41)40(30(26)42)24-13-12-23(20-36)27(19-24)32(33,34)35/h6-7,9,11-13,19,21H,4-5,8,10,14-18H2,1-3H3,(H,37,43). The highest BCUT2D eigenvalue weighted by atomic mass is 19.4. The van der Waals surface area contributed by atoms with E-state index in [1.165, 1.54) is 19.1 Å². The number of urea groups is 1. The second-order valence-corrected chi connectivity index (χ2v) is 11.2. The molecule has 43 heavy (non-hydrogen) atoms. The summed E-state index contributed by atoms with van der Waals surface area (Å²) in [4.78, 5) is 43.6. The zero-order chi connectivity index (χ0) is 31.3. The molecule has 0 saturated carbocycles. The van der Waals surface area contributed by atoms with Gasteiger partial charge >= 0.3 is 12.2 Å². The summed E-state index contributed by atoms with van der Waals surface area (Å²) >= 11 is 0. The molecule has 8 nitrogen and oxygen atoms in total. The molecule has 0 atom stereocenters. The van der Waals surface area contributed by atoms with Crippen molar-refractivity contribution in [2.75, 3.05) is 42.9 Å². The Hall–Kier alpha value is -4.17. The van der Waals surface area contributed by atoms with Crippen molar-refractivity contribution < 1.29 is 27.6 Å². The van der Waals surface area contributed by atoms with Gasteiger partial charge in [0.2, 0.25) is 0 Å². The molecule has 0 radical (unpaired) electrons. The number of nitrogens with one attached hydrogen (secondary N) is 1. The van der Waals surface area contributed by atoms with Gasteiger partial charge in [-0.3, -0.25) is 14.5 Å². The molecule has 1 fully saturated rings. The quantitative estimate of drug-likeness (QED) is 0.271. The van der Waals surface area contributed by atoms with Crippen molar-refractivity contribution in [1.82, 2.24) is 9.80 Å². The molecule has 0 aromatic heterocycles. The number of hydrogen-bond acceptors (Lipinski definition) is 5. The van der Waals surface area contributed by atoms with Gasteiger partial charge in [-0.25, -0.2) is 9.69 Å². The van der Waals surface area contributed by atoms with Gasteiger partial charge in [-0.2, -0.15) is 18.4 Å². The third-order valence-electron chi connectivity index (χ3n) is 8.01. The summed E-state index contributed by atoms with van der Waals surface area (Å²) in [5, 5.41) is 12.1. The van der Waals surface area contributed by atoms with E-state index in [1.54, 1.807) is 0 Å². The monoisotopic (exact) mass is 595 g/mol. The van der Waals surface area contributed by atoms with Crippen molar-refractivity contribution in [2.45, 2.75) is 58.5 Å². The predicted molar refractivity (Wildman–Crippen MR) is 157 cm³/mol. The summed E-state index contributed by atoms with van der Waals surface area (Å²) in [5.74, 6) is -0.966. The number of anilines is 2. The fourth-order valence-electron chi connectivity index (χ4n) is 5.51. The van der Waals surface area contributed by atoms with Crippen LogP contribution >= 0.6 is 0 Å². The number of hydrogen-bond donors (Lipinski definition) is 1. The smallest absolute Gasteiger partial charge is 0.322 e. The van der Waals surface area contributed by atoms with E-state index in [4.69, 9.17) is 5.26 Å². The number of imide groups is 1. The van der Waals surface area contributed by atoms with Gasteiger partial charge in [0.25, 0.3) is 11.8 Å². The van der Waals surface area contributed by atoms with Crippen LogP contribution in [0.1, 0.15) is 69.1 Å². The Morgan fingerprint density at radius 2 is 1.70 bits per heavy atom. The van der Waals surface area contributed by atoms with E-state index in [-0.39, 0.29) is 17.3 Å². The van der Waals surface area contributed by atoms with Crippen LogP contribution < -0.4 is 10.2 Å². The van der Waals surface area contributed by atoms with Crippen LogP contribution in [0.25, 0.3) is 0 Å². The Morgan fingerprint density at radius 3 is 2.35 bits per heavy atom. The van der Waals surface area contributed by atoms with Crippen molar-refractivity contribution in [3.63, 3.8) is 0 Å². The Kier molecular flexibility index (Phi) is 9.91. The number of rotatable bonds is 9. The molecule has 0 bridgehead atoms. The van der Waals surface area contributed by atoms with Gasteiger partial charge in [0.05, 0.1) is 22.9 Å². The minimum atomic E-state index is -4.79. The molecule has 0 spiro atoms. The van der Waals surface area contributed by atoms with Gasteiger partial charge in [-0.1, -0.05) is 38.5 Å². The normalized spacial score (nSPS) is 16.3. The van der Waals surface area contributed by atoms with Gasteiger partial charge in [-0.15, -0.1) is 0 Å². The highest BCUT2D eigenvalue weighted by molar-refractivity contribution is 6.32. The molecule has 2 aliphatic heterocycles. The maximum absolute atomic E-state index is 13.4. The van der Waals surface area contributed by atoms with Gasteiger partial charge < -0.3 is 10.2 Å². The topological polar surface area (TPSA) is 96.8 Å². The fraction of sp³-hybridized carbons (Fsp3) is 0.438. The van der Waals surface area contributed by atoms with E-state index in [1.807, 2.05) is 29.2 Å². The summed E-state index contributed by atoms with van der Waals surface area (Å²) in [7, 11) is 0. The summed E-state index contributed by atoms with van der Waals surface area (Å²) in [6, 6.07) is 12.1. The number of alkyl halides is 3. The third kappa shape index (κ3) is 7.25. The SMILES string of the molecule is CC1=C(CCCCCN2CCN(C(=O)Nc3ccccc3C(C)C)CC2)C(=O)N(c2ccc(C#N)c(C(F)(F)F)c2)C1=O. The lowest BCUT2D eigenvalue weighted by Gasteiger charge is -2.35. The average Bonchev–Trinajstić information content (AvgIpc) is 3.19. The Balaban J connectivity index is 1.22. The molecular weight excluding hydrogens is 559 g/mol. The number of nitrogens with zero attached hydrogens (tertiary/aromatic N) is 4. The first-order valence-electron chi connectivity index (χ1n) is 14.5. The predicted octanol–water partition coefficient (Wildman–Crippen LogP) is 6.30. The molecule has 4 rings (SSSR count). The van der Waals surface area contributed by atoms with Crippen LogP contribution in [0.4, 0.5) is 29.3 Å². The van der Waals surface area contributed by atoms with E-state index < -0.39 is 29.1 Å². The lowest BCUT2D eigenvalue weighted by atomic mass is 10.0. The zero-order valence-electron chi connectivity index (χ0n) is 24.6. The van der Waals surface area contributed by atoms with Crippen molar-refractivity contribution in [3.8, 4) is 6.07 Å². The number of piperazine rings is 1. The molecule has 0 aliphatic carbocycles. The van der Waals surface area contributed by atoms with Crippen LogP contribution in [0.3, 0.4) is 0 Å². The largest absolute Gasteiger partial charge is 0.417 e. The average molecular weight is 596 g/mol. The first kappa shape index (κ1) is 31.8. The molecule has 1 N–H and O–H groups in total. The van der Waals surface area contributed by atoms with E-state index in [0.717, 1.165) is 54.7 Å². The summed E-state index contributed by atoms with van der Waals surface area (Å²) in [5.41, 5.74) is 0.516. The first-order valence-corrected chi connectivity index (χ1v) is 14.5. The molecule has 2 aromatic rings. The summed E-state index contributed by atoms with van der Waals surface area (Å²) < 4.78 is 40.3. The minimum absolute atomic E-state index is 0.100. The first-order chi connectivity index (χ1) is 20.4. The Labute approximate surface area is 249 Å². The van der Waals surface area contributed by atoms with Crippen LogP contribution in [0, 0.1) is 11.3 Å². The molecule has 11 heteroatoms. The van der Waals surface area contributed by atoms with Crippen LogP contribution in [-0.4, -0.2) is 60.4 Å². The number of carbonyl (C=O) groups is 3. The molecule has 228 valence electrons. The lowest BCUT2D eigenvalue weighted by Crippen LogP contribution is -2.50.